The lowest BCUT2D eigenvalue weighted by atomic mass is 10.1. The minimum Gasteiger partial charge on any atom is -0.354 e. The number of amides is 1. The predicted molar refractivity (Wildman–Crippen MR) is 75.1 cm³/mol. The fourth-order valence-electron chi connectivity index (χ4n) is 1.79. The molecule has 0 unspecified atom stereocenters. The van der Waals surface area contributed by atoms with Crippen LogP contribution >= 0.6 is 11.3 Å². The molecule has 0 fully saturated rings. The van der Waals surface area contributed by atoms with Crippen molar-refractivity contribution in [2.24, 2.45) is 0 Å². The van der Waals surface area contributed by atoms with Gasteiger partial charge in [0.2, 0.25) is 0 Å². The summed E-state index contributed by atoms with van der Waals surface area (Å²) in [5.74, 6) is -0.0739. The average Bonchev–Trinajstić information content (AvgIpc) is 2.80. The third-order valence-corrected chi connectivity index (χ3v) is 3.77. The summed E-state index contributed by atoms with van der Waals surface area (Å²) in [5.41, 5.74) is 3.06. The molecule has 1 heterocycles. The van der Waals surface area contributed by atoms with Crippen LogP contribution in [-0.2, 0) is 6.42 Å². The maximum Gasteiger partial charge on any atom is 0.263 e. The van der Waals surface area contributed by atoms with Crippen LogP contribution in [0, 0.1) is 6.92 Å². The number of nitrogens with zero attached hydrogens (tertiary/aromatic N) is 1. The minimum absolute atomic E-state index is 0.0739. The molecule has 0 aliphatic rings. The van der Waals surface area contributed by atoms with Crippen LogP contribution in [0.15, 0.2) is 24.3 Å². The van der Waals surface area contributed by atoms with Gasteiger partial charge in [0.1, 0.15) is 4.88 Å². The van der Waals surface area contributed by atoms with Crippen LogP contribution in [0.3, 0.4) is 0 Å². The molecule has 94 valence electrons. The first kappa shape index (κ1) is 12.8. The zero-order valence-corrected chi connectivity index (χ0v) is 11.6. The van der Waals surface area contributed by atoms with Crippen molar-refractivity contribution in [1.82, 2.24) is 10.3 Å². The third kappa shape index (κ3) is 2.43. The van der Waals surface area contributed by atoms with Gasteiger partial charge in [0.05, 0.1) is 10.7 Å². The minimum atomic E-state index is -0.0739. The standard InChI is InChI=1S/C14H16N2OS/c1-4-10-5-7-11(8-6-10)12-13(14(17)15-3)18-9(2)16-12/h5-8H,4H2,1-3H3,(H,15,17). The van der Waals surface area contributed by atoms with Crippen molar-refractivity contribution in [3.05, 3.63) is 39.7 Å². The Morgan fingerprint density at radius 2 is 2.00 bits per heavy atom. The van der Waals surface area contributed by atoms with E-state index in [4.69, 9.17) is 0 Å². The largest absolute Gasteiger partial charge is 0.354 e. The number of benzene rings is 1. The molecule has 4 heteroatoms. The number of thiazole rings is 1. The molecule has 0 saturated heterocycles. The van der Waals surface area contributed by atoms with Crippen LogP contribution in [0.5, 0.6) is 0 Å². The molecule has 1 aromatic carbocycles. The molecular weight excluding hydrogens is 244 g/mol. The lowest BCUT2D eigenvalue weighted by molar-refractivity contribution is 0.0967. The molecule has 2 rings (SSSR count). The molecule has 0 atom stereocenters. The van der Waals surface area contributed by atoms with Crippen LogP contribution < -0.4 is 5.32 Å². The summed E-state index contributed by atoms with van der Waals surface area (Å²) < 4.78 is 0. The SMILES string of the molecule is CCc1ccc(-c2nc(C)sc2C(=O)NC)cc1. The number of hydrogen-bond acceptors (Lipinski definition) is 3. The monoisotopic (exact) mass is 260 g/mol. The molecule has 0 spiro atoms. The van der Waals surface area contributed by atoms with Gasteiger partial charge < -0.3 is 5.32 Å². The van der Waals surface area contributed by atoms with Crippen LogP contribution in [0.25, 0.3) is 11.3 Å². The van der Waals surface area contributed by atoms with E-state index in [0.717, 1.165) is 22.7 Å². The van der Waals surface area contributed by atoms with E-state index in [1.165, 1.54) is 16.9 Å². The van der Waals surface area contributed by atoms with Gasteiger partial charge in [-0.2, -0.15) is 0 Å². The van der Waals surface area contributed by atoms with Crippen molar-refractivity contribution < 1.29 is 4.79 Å². The van der Waals surface area contributed by atoms with E-state index in [-0.39, 0.29) is 5.91 Å². The summed E-state index contributed by atoms with van der Waals surface area (Å²) in [6.45, 7) is 4.04. The van der Waals surface area contributed by atoms with Crippen molar-refractivity contribution >= 4 is 17.2 Å². The van der Waals surface area contributed by atoms with Crippen LogP contribution in [-0.4, -0.2) is 17.9 Å². The summed E-state index contributed by atoms with van der Waals surface area (Å²) in [6.07, 6.45) is 1.01. The number of carbonyl (C=O) groups is 1. The number of carbonyl (C=O) groups excluding carboxylic acids is 1. The Bertz CT molecular complexity index is 558. The Kier molecular flexibility index (Phi) is 3.77. The van der Waals surface area contributed by atoms with Gasteiger partial charge in [0.25, 0.3) is 5.91 Å². The molecule has 2 aromatic rings. The van der Waals surface area contributed by atoms with E-state index in [0.29, 0.717) is 4.88 Å². The van der Waals surface area contributed by atoms with Crippen molar-refractivity contribution in [3.63, 3.8) is 0 Å². The van der Waals surface area contributed by atoms with Crippen molar-refractivity contribution in [1.29, 1.82) is 0 Å². The molecule has 0 radical (unpaired) electrons. The number of aryl methyl sites for hydroxylation is 2. The molecule has 0 bridgehead atoms. The number of rotatable bonds is 3. The van der Waals surface area contributed by atoms with Gasteiger partial charge in [-0.15, -0.1) is 11.3 Å². The molecule has 18 heavy (non-hydrogen) atoms. The van der Waals surface area contributed by atoms with Gasteiger partial charge >= 0.3 is 0 Å². The van der Waals surface area contributed by atoms with Crippen molar-refractivity contribution in [2.45, 2.75) is 20.3 Å². The number of aromatic nitrogens is 1. The Balaban J connectivity index is 2.45. The highest BCUT2D eigenvalue weighted by atomic mass is 32.1. The molecule has 3 nitrogen and oxygen atoms in total. The van der Waals surface area contributed by atoms with Crippen LogP contribution in [0.2, 0.25) is 0 Å². The lowest BCUT2D eigenvalue weighted by Gasteiger charge is -2.02. The average molecular weight is 260 g/mol. The van der Waals surface area contributed by atoms with E-state index in [1.807, 2.05) is 19.1 Å². The Morgan fingerprint density at radius 3 is 2.56 bits per heavy atom. The van der Waals surface area contributed by atoms with Gasteiger partial charge in [-0.1, -0.05) is 31.2 Å². The zero-order chi connectivity index (χ0) is 13.1. The summed E-state index contributed by atoms with van der Waals surface area (Å²) in [6, 6.07) is 8.22. The fourth-order valence-corrected chi connectivity index (χ4v) is 2.68. The van der Waals surface area contributed by atoms with E-state index in [1.54, 1.807) is 7.05 Å². The van der Waals surface area contributed by atoms with Gasteiger partial charge in [-0.3, -0.25) is 4.79 Å². The summed E-state index contributed by atoms with van der Waals surface area (Å²) in [5, 5.41) is 3.56. The van der Waals surface area contributed by atoms with E-state index < -0.39 is 0 Å². The summed E-state index contributed by atoms with van der Waals surface area (Å²) in [7, 11) is 1.64. The summed E-state index contributed by atoms with van der Waals surface area (Å²) in [4.78, 5) is 16.9. The maximum atomic E-state index is 11.8. The molecule has 0 saturated carbocycles. The first-order valence-electron chi connectivity index (χ1n) is 5.94. The second kappa shape index (κ2) is 5.31. The first-order chi connectivity index (χ1) is 8.65. The number of hydrogen-bond donors (Lipinski definition) is 1. The van der Waals surface area contributed by atoms with E-state index in [9.17, 15) is 4.79 Å². The summed E-state index contributed by atoms with van der Waals surface area (Å²) >= 11 is 1.43. The van der Waals surface area contributed by atoms with Crippen LogP contribution in [0.4, 0.5) is 0 Å². The predicted octanol–water partition coefficient (Wildman–Crippen LogP) is 3.04. The van der Waals surface area contributed by atoms with E-state index >= 15 is 0 Å². The normalized spacial score (nSPS) is 10.4. The molecule has 1 N–H and O–H groups in total. The third-order valence-electron chi connectivity index (χ3n) is 2.80. The highest BCUT2D eigenvalue weighted by molar-refractivity contribution is 7.14. The zero-order valence-electron chi connectivity index (χ0n) is 10.8. The Hall–Kier alpha value is -1.68. The Labute approximate surface area is 111 Å². The molecule has 1 amide bonds. The fraction of sp³-hybridized carbons (Fsp3) is 0.286. The topological polar surface area (TPSA) is 42.0 Å². The second-order valence-corrected chi connectivity index (χ2v) is 5.24. The quantitative estimate of drug-likeness (QED) is 0.921. The van der Waals surface area contributed by atoms with Crippen LogP contribution in [0.1, 0.15) is 27.2 Å². The highest BCUT2D eigenvalue weighted by Crippen LogP contribution is 2.28. The lowest BCUT2D eigenvalue weighted by Crippen LogP contribution is -2.17. The van der Waals surface area contributed by atoms with Gasteiger partial charge in [-0.25, -0.2) is 4.98 Å². The molecule has 0 aliphatic carbocycles. The molecule has 0 aliphatic heterocycles. The van der Waals surface area contributed by atoms with Gasteiger partial charge in [-0.05, 0) is 18.9 Å². The molecule has 1 aromatic heterocycles. The maximum absolute atomic E-state index is 11.8. The second-order valence-electron chi connectivity index (χ2n) is 4.04. The highest BCUT2D eigenvalue weighted by Gasteiger charge is 2.16. The van der Waals surface area contributed by atoms with Gasteiger partial charge in [0, 0.05) is 12.6 Å². The number of nitrogens with one attached hydrogen (secondary N) is 1. The van der Waals surface area contributed by atoms with E-state index in [2.05, 4.69) is 29.4 Å². The van der Waals surface area contributed by atoms with Crippen molar-refractivity contribution in [3.8, 4) is 11.3 Å². The van der Waals surface area contributed by atoms with Crippen molar-refractivity contribution in [2.75, 3.05) is 7.05 Å². The van der Waals surface area contributed by atoms with Gasteiger partial charge in [0.15, 0.2) is 0 Å². The smallest absolute Gasteiger partial charge is 0.263 e. The Morgan fingerprint density at radius 1 is 1.33 bits per heavy atom. The first-order valence-corrected chi connectivity index (χ1v) is 6.76. The molecular formula is C14H16N2OS.